The largest absolute Gasteiger partial charge is 0.384 e. The second-order valence-electron chi connectivity index (χ2n) is 5.53. The van der Waals surface area contributed by atoms with Crippen LogP contribution in [0.5, 0.6) is 0 Å². The maximum atomic E-state index is 5.91. The first-order valence-electron chi connectivity index (χ1n) is 7.36. The molecule has 0 amide bonds. The number of hydrogen-bond acceptors (Lipinski definition) is 5. The van der Waals surface area contributed by atoms with Crippen LogP contribution in [-0.4, -0.2) is 41.0 Å². The van der Waals surface area contributed by atoms with E-state index in [2.05, 4.69) is 27.2 Å². The summed E-state index contributed by atoms with van der Waals surface area (Å²) in [6, 6.07) is 12.3. The molecule has 1 unspecified atom stereocenters. The molecule has 0 radical (unpaired) electrons. The van der Waals surface area contributed by atoms with Crippen LogP contribution in [0.25, 0.3) is 11.4 Å². The second-order valence-corrected chi connectivity index (χ2v) is 5.53. The number of nitrogens with two attached hydrogens (primary N) is 1. The Morgan fingerprint density at radius 1 is 1.29 bits per heavy atom. The van der Waals surface area contributed by atoms with E-state index in [0.29, 0.717) is 17.7 Å². The minimum Gasteiger partial charge on any atom is -0.384 e. The van der Waals surface area contributed by atoms with Crippen molar-refractivity contribution in [1.82, 2.24) is 14.9 Å². The zero-order valence-corrected chi connectivity index (χ0v) is 12.3. The number of likely N-dealkylation sites (tertiary alicyclic amines) is 1. The molecule has 1 aromatic carbocycles. The molecular formula is C16H21N5. The highest BCUT2D eigenvalue weighted by atomic mass is 15.2. The summed E-state index contributed by atoms with van der Waals surface area (Å²) in [6.45, 7) is 2.06. The molecule has 1 saturated heterocycles. The van der Waals surface area contributed by atoms with E-state index in [1.165, 1.54) is 19.4 Å². The molecule has 110 valence electrons. The number of nitrogens with zero attached hydrogens (tertiary/aromatic N) is 3. The average Bonchev–Trinajstić information content (AvgIpc) is 2.91. The lowest BCUT2D eigenvalue weighted by molar-refractivity contribution is 0.322. The van der Waals surface area contributed by atoms with E-state index in [9.17, 15) is 0 Å². The summed E-state index contributed by atoms with van der Waals surface area (Å²) in [6.07, 6.45) is 2.50. The summed E-state index contributed by atoms with van der Waals surface area (Å²) in [5.74, 6) is 1.95. The van der Waals surface area contributed by atoms with Crippen LogP contribution in [-0.2, 0) is 0 Å². The fourth-order valence-electron chi connectivity index (χ4n) is 2.73. The van der Waals surface area contributed by atoms with Crippen molar-refractivity contribution in [2.75, 3.05) is 31.2 Å². The van der Waals surface area contributed by atoms with E-state index in [1.807, 2.05) is 30.3 Å². The molecule has 0 aliphatic carbocycles. The monoisotopic (exact) mass is 283 g/mol. The summed E-state index contributed by atoms with van der Waals surface area (Å²) >= 11 is 0. The molecule has 0 spiro atoms. The van der Waals surface area contributed by atoms with Crippen molar-refractivity contribution in [1.29, 1.82) is 0 Å². The number of hydrogen-bond donors (Lipinski definition) is 2. The van der Waals surface area contributed by atoms with E-state index < -0.39 is 0 Å². The minimum absolute atomic E-state index is 0.492. The molecule has 2 heterocycles. The zero-order valence-electron chi connectivity index (χ0n) is 12.3. The van der Waals surface area contributed by atoms with E-state index in [0.717, 1.165) is 17.9 Å². The van der Waals surface area contributed by atoms with Crippen molar-refractivity contribution in [2.24, 2.45) is 0 Å². The van der Waals surface area contributed by atoms with Crippen molar-refractivity contribution >= 4 is 11.6 Å². The van der Waals surface area contributed by atoms with Gasteiger partial charge in [0.25, 0.3) is 0 Å². The van der Waals surface area contributed by atoms with Gasteiger partial charge in [0.05, 0.1) is 0 Å². The maximum Gasteiger partial charge on any atom is 0.163 e. The van der Waals surface area contributed by atoms with Crippen molar-refractivity contribution in [3.8, 4) is 11.4 Å². The molecule has 2 aromatic rings. The Bertz CT molecular complexity index is 599. The predicted molar refractivity (Wildman–Crippen MR) is 86.0 cm³/mol. The fourth-order valence-corrected chi connectivity index (χ4v) is 2.73. The minimum atomic E-state index is 0.492. The van der Waals surface area contributed by atoms with E-state index in [4.69, 9.17) is 5.73 Å². The van der Waals surface area contributed by atoms with Gasteiger partial charge in [0.1, 0.15) is 11.6 Å². The van der Waals surface area contributed by atoms with Crippen LogP contribution in [0.2, 0.25) is 0 Å². The van der Waals surface area contributed by atoms with Gasteiger partial charge in [-0.2, -0.15) is 0 Å². The van der Waals surface area contributed by atoms with Gasteiger partial charge in [-0.05, 0) is 26.4 Å². The van der Waals surface area contributed by atoms with Crippen LogP contribution < -0.4 is 11.1 Å². The Balaban J connectivity index is 1.75. The van der Waals surface area contributed by atoms with Gasteiger partial charge < -0.3 is 16.0 Å². The van der Waals surface area contributed by atoms with Gasteiger partial charge in [-0.3, -0.25) is 0 Å². The molecule has 3 rings (SSSR count). The van der Waals surface area contributed by atoms with Crippen LogP contribution in [0.15, 0.2) is 36.4 Å². The summed E-state index contributed by atoms with van der Waals surface area (Å²) in [7, 11) is 2.17. The summed E-state index contributed by atoms with van der Waals surface area (Å²) in [5.41, 5.74) is 6.88. The molecule has 1 aliphatic heterocycles. The number of aromatic nitrogens is 2. The fraction of sp³-hybridized carbons (Fsp3) is 0.375. The number of rotatable bonds is 4. The van der Waals surface area contributed by atoms with Gasteiger partial charge in [0.2, 0.25) is 0 Å². The molecule has 0 bridgehead atoms. The van der Waals surface area contributed by atoms with E-state index in [-0.39, 0.29) is 0 Å². The van der Waals surface area contributed by atoms with Crippen molar-refractivity contribution in [3.63, 3.8) is 0 Å². The third-order valence-corrected chi connectivity index (χ3v) is 3.97. The molecule has 1 aliphatic rings. The summed E-state index contributed by atoms with van der Waals surface area (Å²) < 4.78 is 0. The second kappa shape index (κ2) is 6.10. The average molecular weight is 283 g/mol. The summed E-state index contributed by atoms with van der Waals surface area (Å²) in [5, 5.41) is 3.40. The van der Waals surface area contributed by atoms with Gasteiger partial charge in [-0.1, -0.05) is 30.3 Å². The van der Waals surface area contributed by atoms with E-state index >= 15 is 0 Å². The SMILES string of the molecule is CN1CCCC1CNc1cc(N)nc(-c2ccccc2)n1. The zero-order chi connectivity index (χ0) is 14.7. The van der Waals surface area contributed by atoms with Crippen LogP contribution in [0, 0.1) is 0 Å². The predicted octanol–water partition coefficient (Wildman–Crippen LogP) is 2.23. The Labute approximate surface area is 125 Å². The van der Waals surface area contributed by atoms with Gasteiger partial charge in [0, 0.05) is 24.2 Å². The number of nitrogen functional groups attached to an aromatic ring is 1. The lowest BCUT2D eigenvalue weighted by Gasteiger charge is -2.20. The highest BCUT2D eigenvalue weighted by molar-refractivity contribution is 5.60. The van der Waals surface area contributed by atoms with E-state index in [1.54, 1.807) is 6.07 Å². The van der Waals surface area contributed by atoms with Gasteiger partial charge >= 0.3 is 0 Å². The topological polar surface area (TPSA) is 67.1 Å². The van der Waals surface area contributed by atoms with Gasteiger partial charge in [-0.25, -0.2) is 9.97 Å². The molecule has 21 heavy (non-hydrogen) atoms. The molecule has 5 nitrogen and oxygen atoms in total. The Morgan fingerprint density at radius 3 is 2.81 bits per heavy atom. The summed E-state index contributed by atoms with van der Waals surface area (Å²) in [4.78, 5) is 11.3. The number of benzene rings is 1. The van der Waals surface area contributed by atoms with Crippen LogP contribution in [0.1, 0.15) is 12.8 Å². The molecule has 5 heteroatoms. The van der Waals surface area contributed by atoms with Gasteiger partial charge in [0.15, 0.2) is 5.82 Å². The Morgan fingerprint density at radius 2 is 2.10 bits per heavy atom. The van der Waals surface area contributed by atoms with Crippen LogP contribution >= 0.6 is 0 Å². The molecule has 1 fully saturated rings. The van der Waals surface area contributed by atoms with Crippen molar-refractivity contribution in [3.05, 3.63) is 36.4 Å². The normalized spacial score (nSPS) is 18.8. The lowest BCUT2D eigenvalue weighted by atomic mass is 10.2. The van der Waals surface area contributed by atoms with Gasteiger partial charge in [-0.15, -0.1) is 0 Å². The highest BCUT2D eigenvalue weighted by Gasteiger charge is 2.20. The standard InChI is InChI=1S/C16H21N5/c1-21-9-5-8-13(21)11-18-15-10-14(17)19-16(20-15)12-6-3-2-4-7-12/h2-4,6-7,10,13H,5,8-9,11H2,1H3,(H3,17,18,19,20). The number of nitrogens with one attached hydrogen (secondary N) is 1. The lowest BCUT2D eigenvalue weighted by Crippen LogP contribution is -2.31. The number of anilines is 2. The third-order valence-electron chi connectivity index (χ3n) is 3.97. The van der Waals surface area contributed by atoms with Crippen LogP contribution in [0.3, 0.4) is 0 Å². The Kier molecular flexibility index (Phi) is 4.01. The molecular weight excluding hydrogens is 262 g/mol. The first-order valence-corrected chi connectivity index (χ1v) is 7.36. The van der Waals surface area contributed by atoms with Crippen molar-refractivity contribution < 1.29 is 0 Å². The highest BCUT2D eigenvalue weighted by Crippen LogP contribution is 2.20. The molecule has 1 aromatic heterocycles. The number of likely N-dealkylation sites (N-methyl/N-ethyl adjacent to an activating group) is 1. The first kappa shape index (κ1) is 13.8. The van der Waals surface area contributed by atoms with Crippen LogP contribution in [0.4, 0.5) is 11.6 Å². The molecule has 3 N–H and O–H groups in total. The maximum absolute atomic E-state index is 5.91. The quantitative estimate of drug-likeness (QED) is 0.900. The molecule has 0 saturated carbocycles. The smallest absolute Gasteiger partial charge is 0.163 e. The van der Waals surface area contributed by atoms with Crippen molar-refractivity contribution in [2.45, 2.75) is 18.9 Å². The third kappa shape index (κ3) is 3.31. The Hall–Kier alpha value is -2.14. The first-order chi connectivity index (χ1) is 10.2. The molecule has 1 atom stereocenters.